The minimum Gasteiger partial charge on any atom is -0.351 e. The van der Waals surface area contributed by atoms with Gasteiger partial charge in [0.05, 0.1) is 5.69 Å². The van der Waals surface area contributed by atoms with Gasteiger partial charge in [0.1, 0.15) is 0 Å². The van der Waals surface area contributed by atoms with E-state index >= 15 is 0 Å². The summed E-state index contributed by atoms with van der Waals surface area (Å²) in [4.78, 5) is 8.85. The minimum atomic E-state index is 0.758. The lowest BCUT2D eigenvalue weighted by atomic mass is 10.1. The van der Waals surface area contributed by atoms with Crippen LogP contribution in [-0.4, -0.2) is 25.1 Å². The van der Waals surface area contributed by atoms with Crippen LogP contribution in [0.2, 0.25) is 0 Å². The Hall–Kier alpha value is -0.610. The molecule has 0 radical (unpaired) electrons. The molecule has 3 rings (SSSR count). The maximum absolute atomic E-state index is 4.97. The summed E-state index contributed by atoms with van der Waals surface area (Å²) in [7, 11) is 2.23. The lowest BCUT2D eigenvalue weighted by Gasteiger charge is -2.19. The van der Waals surface area contributed by atoms with E-state index in [2.05, 4.69) is 24.2 Å². The maximum atomic E-state index is 4.97. The van der Waals surface area contributed by atoms with Crippen molar-refractivity contribution >= 4 is 16.5 Å². The molecule has 0 atom stereocenters. The Kier molecular flexibility index (Phi) is 4.61. The van der Waals surface area contributed by atoms with Gasteiger partial charge in [-0.25, -0.2) is 4.98 Å². The van der Waals surface area contributed by atoms with E-state index in [0.717, 1.165) is 24.9 Å². The first-order valence-corrected chi connectivity index (χ1v) is 9.01. The van der Waals surface area contributed by atoms with Crippen molar-refractivity contribution in [3.05, 3.63) is 10.6 Å². The summed E-state index contributed by atoms with van der Waals surface area (Å²) in [5.74, 6) is 1.65. The number of hydrogen-bond donors (Lipinski definition) is 1. The van der Waals surface area contributed by atoms with E-state index in [9.17, 15) is 0 Å². The van der Waals surface area contributed by atoms with Crippen LogP contribution in [0.3, 0.4) is 0 Å². The first kappa shape index (κ1) is 14.3. The number of anilines is 1. The van der Waals surface area contributed by atoms with Crippen LogP contribution < -0.4 is 10.2 Å². The normalized spacial score (nSPS) is 19.7. The maximum Gasteiger partial charge on any atom is 0.185 e. The van der Waals surface area contributed by atoms with Gasteiger partial charge in [-0.05, 0) is 38.1 Å². The van der Waals surface area contributed by atoms with E-state index in [0.29, 0.717) is 0 Å². The summed E-state index contributed by atoms with van der Waals surface area (Å²) in [6.45, 7) is 5.40. The van der Waals surface area contributed by atoms with Crippen molar-refractivity contribution < 1.29 is 0 Å². The fourth-order valence-corrected chi connectivity index (χ4v) is 4.30. The zero-order valence-corrected chi connectivity index (χ0v) is 13.6. The summed E-state index contributed by atoms with van der Waals surface area (Å²) in [6, 6.07) is 0. The Morgan fingerprint density at radius 3 is 2.65 bits per heavy atom. The van der Waals surface area contributed by atoms with E-state index in [1.165, 1.54) is 60.8 Å². The van der Waals surface area contributed by atoms with E-state index in [1.807, 2.05) is 11.3 Å². The predicted octanol–water partition coefficient (Wildman–Crippen LogP) is 3.76. The molecule has 112 valence electrons. The minimum absolute atomic E-state index is 0.758. The summed E-state index contributed by atoms with van der Waals surface area (Å²) < 4.78 is 0. The number of hydrogen-bond acceptors (Lipinski definition) is 4. The van der Waals surface area contributed by atoms with Gasteiger partial charge in [-0.15, -0.1) is 11.3 Å². The molecule has 2 aliphatic rings. The molecule has 3 nitrogen and oxygen atoms in total. The Morgan fingerprint density at radius 1 is 1.25 bits per heavy atom. The summed E-state index contributed by atoms with van der Waals surface area (Å²) in [5.41, 5.74) is 1.39. The highest BCUT2D eigenvalue weighted by Gasteiger charge is 2.30. The van der Waals surface area contributed by atoms with Crippen LogP contribution in [0.15, 0.2) is 0 Å². The molecule has 0 aromatic carbocycles. The number of nitrogens with one attached hydrogen (secondary N) is 1. The van der Waals surface area contributed by atoms with Crippen LogP contribution in [0.25, 0.3) is 0 Å². The van der Waals surface area contributed by atoms with Gasteiger partial charge >= 0.3 is 0 Å². The Balaban J connectivity index is 1.68. The Bertz CT molecular complexity index is 433. The number of nitrogens with zero attached hydrogens (tertiary/aromatic N) is 2. The molecule has 0 unspecified atom stereocenters. The van der Waals surface area contributed by atoms with Gasteiger partial charge in [-0.3, -0.25) is 0 Å². The van der Waals surface area contributed by atoms with Crippen LogP contribution >= 0.6 is 11.3 Å². The molecule has 1 N–H and O–H groups in total. The number of aromatic nitrogens is 1. The lowest BCUT2D eigenvalue weighted by molar-refractivity contribution is 0.546. The highest BCUT2D eigenvalue weighted by molar-refractivity contribution is 7.15. The van der Waals surface area contributed by atoms with Crippen LogP contribution in [0.1, 0.15) is 61.9 Å². The molecule has 2 saturated carbocycles. The first-order valence-electron chi connectivity index (χ1n) is 8.19. The second-order valence-corrected chi connectivity index (χ2v) is 7.45. The van der Waals surface area contributed by atoms with Crippen LogP contribution in [-0.2, 0) is 6.54 Å². The smallest absolute Gasteiger partial charge is 0.185 e. The predicted molar refractivity (Wildman–Crippen MR) is 86.7 cm³/mol. The third-order valence-electron chi connectivity index (χ3n) is 4.55. The van der Waals surface area contributed by atoms with Gasteiger partial charge in [0.25, 0.3) is 0 Å². The summed E-state index contributed by atoms with van der Waals surface area (Å²) >= 11 is 1.91. The molecular weight excluding hydrogens is 266 g/mol. The second-order valence-electron chi connectivity index (χ2n) is 6.39. The molecule has 0 aliphatic heterocycles. The van der Waals surface area contributed by atoms with Crippen LogP contribution in [0.5, 0.6) is 0 Å². The molecule has 0 amide bonds. The molecule has 20 heavy (non-hydrogen) atoms. The average Bonchev–Trinajstić information content (AvgIpc) is 3.00. The molecule has 4 heteroatoms. The summed E-state index contributed by atoms with van der Waals surface area (Å²) in [5, 5.41) is 4.71. The topological polar surface area (TPSA) is 28.2 Å². The number of thiazole rings is 1. The van der Waals surface area contributed by atoms with E-state index in [-0.39, 0.29) is 0 Å². The van der Waals surface area contributed by atoms with Gasteiger partial charge < -0.3 is 10.2 Å². The van der Waals surface area contributed by atoms with Crippen molar-refractivity contribution in [1.82, 2.24) is 10.3 Å². The fraction of sp³-hybridized carbons (Fsp3) is 0.812. The molecule has 0 saturated heterocycles. The van der Waals surface area contributed by atoms with Gasteiger partial charge in [0.15, 0.2) is 5.13 Å². The molecule has 0 spiro atoms. The Morgan fingerprint density at radius 2 is 2.00 bits per heavy atom. The number of rotatable bonds is 7. The second kappa shape index (κ2) is 6.44. The first-order chi connectivity index (χ1) is 9.78. The van der Waals surface area contributed by atoms with Crippen molar-refractivity contribution in [2.75, 3.05) is 25.0 Å². The van der Waals surface area contributed by atoms with E-state index < -0.39 is 0 Å². The highest BCUT2D eigenvalue weighted by atomic mass is 32.1. The molecule has 1 aromatic rings. The van der Waals surface area contributed by atoms with E-state index in [1.54, 1.807) is 0 Å². The van der Waals surface area contributed by atoms with Crippen molar-refractivity contribution in [1.29, 1.82) is 0 Å². The molecule has 2 fully saturated rings. The summed E-state index contributed by atoms with van der Waals surface area (Å²) in [6.07, 6.45) is 8.36. The third kappa shape index (κ3) is 3.34. The zero-order chi connectivity index (χ0) is 13.9. The molecule has 2 aliphatic carbocycles. The van der Waals surface area contributed by atoms with Crippen LogP contribution in [0, 0.1) is 5.92 Å². The Labute approximate surface area is 126 Å². The zero-order valence-electron chi connectivity index (χ0n) is 12.8. The van der Waals surface area contributed by atoms with Gasteiger partial charge in [0, 0.05) is 30.9 Å². The SMILES string of the molecule is CCNCc1sc(N(C)CC2CCCC2)nc1C1CC1. The van der Waals surface area contributed by atoms with Gasteiger partial charge in [-0.1, -0.05) is 19.8 Å². The van der Waals surface area contributed by atoms with Crippen molar-refractivity contribution in [3.8, 4) is 0 Å². The molecule has 1 heterocycles. The van der Waals surface area contributed by atoms with Crippen LogP contribution in [0.4, 0.5) is 5.13 Å². The van der Waals surface area contributed by atoms with Crippen molar-refractivity contribution in [3.63, 3.8) is 0 Å². The lowest BCUT2D eigenvalue weighted by Crippen LogP contribution is -2.23. The third-order valence-corrected chi connectivity index (χ3v) is 5.73. The van der Waals surface area contributed by atoms with Crippen molar-refractivity contribution in [2.24, 2.45) is 5.92 Å². The highest BCUT2D eigenvalue weighted by Crippen LogP contribution is 2.44. The fourth-order valence-electron chi connectivity index (χ4n) is 3.21. The van der Waals surface area contributed by atoms with Gasteiger partial charge in [-0.2, -0.15) is 0 Å². The average molecular weight is 293 g/mol. The van der Waals surface area contributed by atoms with Crippen molar-refractivity contribution in [2.45, 2.75) is 57.9 Å². The quantitative estimate of drug-likeness (QED) is 0.829. The molecular formula is C16H27N3S. The van der Waals surface area contributed by atoms with E-state index in [4.69, 9.17) is 4.98 Å². The standard InChI is InChI=1S/C16H27N3S/c1-3-17-10-14-15(13-8-9-13)18-16(20-14)19(2)11-12-6-4-5-7-12/h12-13,17H,3-11H2,1-2H3. The molecule has 0 bridgehead atoms. The monoisotopic (exact) mass is 293 g/mol. The largest absolute Gasteiger partial charge is 0.351 e. The molecule has 1 aromatic heterocycles. The van der Waals surface area contributed by atoms with Gasteiger partial charge in [0.2, 0.25) is 0 Å².